The maximum absolute atomic E-state index is 12.1. The molecule has 1 aromatic heterocycles. The Morgan fingerprint density at radius 3 is 2.50 bits per heavy atom. The SMILES string of the molecule is CCOc1ccc(OCC(=O)Nc2cccc3ncccc23)cc1. The summed E-state index contributed by atoms with van der Waals surface area (Å²) in [5.41, 5.74) is 1.56. The number of rotatable bonds is 6. The Kier molecular flexibility index (Phi) is 4.91. The van der Waals surface area contributed by atoms with E-state index in [-0.39, 0.29) is 12.5 Å². The van der Waals surface area contributed by atoms with Crippen LogP contribution in [0, 0.1) is 0 Å². The molecule has 24 heavy (non-hydrogen) atoms. The van der Waals surface area contributed by atoms with Gasteiger partial charge in [-0.15, -0.1) is 0 Å². The largest absolute Gasteiger partial charge is 0.494 e. The highest BCUT2D eigenvalue weighted by Gasteiger charge is 2.07. The lowest BCUT2D eigenvalue weighted by Gasteiger charge is -2.10. The van der Waals surface area contributed by atoms with Crippen molar-refractivity contribution in [2.45, 2.75) is 6.92 Å². The van der Waals surface area contributed by atoms with Gasteiger partial charge in [0.2, 0.25) is 0 Å². The van der Waals surface area contributed by atoms with Crippen molar-refractivity contribution in [2.75, 3.05) is 18.5 Å². The summed E-state index contributed by atoms with van der Waals surface area (Å²) < 4.78 is 10.9. The average molecular weight is 322 g/mol. The number of carbonyl (C=O) groups excluding carboxylic acids is 1. The molecule has 1 amide bonds. The molecule has 0 fully saturated rings. The van der Waals surface area contributed by atoms with Crippen molar-refractivity contribution in [2.24, 2.45) is 0 Å². The summed E-state index contributed by atoms with van der Waals surface area (Å²) in [6.07, 6.45) is 1.73. The number of carbonyl (C=O) groups is 1. The van der Waals surface area contributed by atoms with Crippen LogP contribution in [0.25, 0.3) is 10.9 Å². The van der Waals surface area contributed by atoms with Gasteiger partial charge < -0.3 is 14.8 Å². The summed E-state index contributed by atoms with van der Waals surface area (Å²) in [6.45, 7) is 2.48. The Morgan fingerprint density at radius 2 is 1.75 bits per heavy atom. The van der Waals surface area contributed by atoms with Gasteiger partial charge in [0, 0.05) is 11.6 Å². The molecule has 3 aromatic rings. The normalized spacial score (nSPS) is 10.4. The van der Waals surface area contributed by atoms with E-state index in [1.165, 1.54) is 0 Å². The summed E-state index contributed by atoms with van der Waals surface area (Å²) in [5.74, 6) is 1.17. The Hall–Kier alpha value is -3.08. The van der Waals surface area contributed by atoms with E-state index in [9.17, 15) is 4.79 Å². The Labute approximate surface area is 140 Å². The average Bonchev–Trinajstić information content (AvgIpc) is 2.62. The molecule has 1 N–H and O–H groups in total. The quantitative estimate of drug-likeness (QED) is 0.752. The number of fused-ring (bicyclic) bond motifs is 1. The molecule has 0 spiro atoms. The maximum Gasteiger partial charge on any atom is 0.262 e. The lowest BCUT2D eigenvalue weighted by atomic mass is 10.2. The zero-order valence-electron chi connectivity index (χ0n) is 13.4. The number of anilines is 1. The smallest absolute Gasteiger partial charge is 0.262 e. The zero-order chi connectivity index (χ0) is 16.8. The first kappa shape index (κ1) is 15.8. The number of aromatic nitrogens is 1. The summed E-state index contributed by atoms with van der Waals surface area (Å²) in [6, 6.07) is 16.6. The first-order valence-electron chi connectivity index (χ1n) is 7.75. The summed E-state index contributed by atoms with van der Waals surface area (Å²) >= 11 is 0. The second kappa shape index (κ2) is 7.46. The van der Waals surface area contributed by atoms with Crippen LogP contribution in [-0.4, -0.2) is 24.1 Å². The van der Waals surface area contributed by atoms with Gasteiger partial charge in [0.25, 0.3) is 5.91 Å². The molecule has 3 rings (SSSR count). The molecule has 5 heteroatoms. The van der Waals surface area contributed by atoms with Crippen molar-refractivity contribution >= 4 is 22.5 Å². The number of benzene rings is 2. The van der Waals surface area contributed by atoms with Gasteiger partial charge in [-0.2, -0.15) is 0 Å². The highest BCUT2D eigenvalue weighted by molar-refractivity contribution is 6.01. The van der Waals surface area contributed by atoms with Crippen molar-refractivity contribution in [3.63, 3.8) is 0 Å². The molecule has 122 valence electrons. The van der Waals surface area contributed by atoms with E-state index in [2.05, 4.69) is 10.3 Å². The predicted octanol–water partition coefficient (Wildman–Crippen LogP) is 3.65. The maximum atomic E-state index is 12.1. The van der Waals surface area contributed by atoms with E-state index < -0.39 is 0 Å². The van der Waals surface area contributed by atoms with E-state index in [1.807, 2.05) is 49.4 Å². The molecule has 0 bridgehead atoms. The van der Waals surface area contributed by atoms with Crippen molar-refractivity contribution in [1.29, 1.82) is 0 Å². The van der Waals surface area contributed by atoms with Crippen LogP contribution in [0.3, 0.4) is 0 Å². The molecule has 1 heterocycles. The fourth-order valence-corrected chi connectivity index (χ4v) is 2.35. The number of hydrogen-bond acceptors (Lipinski definition) is 4. The topological polar surface area (TPSA) is 60.5 Å². The van der Waals surface area contributed by atoms with Gasteiger partial charge in [0.1, 0.15) is 11.5 Å². The first-order chi connectivity index (χ1) is 11.8. The van der Waals surface area contributed by atoms with Crippen LogP contribution in [0.4, 0.5) is 5.69 Å². The summed E-state index contributed by atoms with van der Waals surface area (Å²) in [4.78, 5) is 16.4. The fraction of sp³-hybridized carbons (Fsp3) is 0.158. The highest BCUT2D eigenvalue weighted by Crippen LogP contribution is 2.21. The van der Waals surface area contributed by atoms with Gasteiger partial charge in [-0.1, -0.05) is 6.07 Å². The van der Waals surface area contributed by atoms with Crippen molar-refractivity contribution < 1.29 is 14.3 Å². The molecule has 0 saturated heterocycles. The van der Waals surface area contributed by atoms with Gasteiger partial charge in [-0.25, -0.2) is 0 Å². The molecule has 0 aliphatic carbocycles. The van der Waals surface area contributed by atoms with Gasteiger partial charge in [0.15, 0.2) is 6.61 Å². The Balaban J connectivity index is 1.61. The number of nitrogens with one attached hydrogen (secondary N) is 1. The van der Waals surface area contributed by atoms with Gasteiger partial charge in [0.05, 0.1) is 17.8 Å². The molecular formula is C19H18N2O3. The monoisotopic (exact) mass is 322 g/mol. The minimum absolute atomic E-state index is 0.0648. The predicted molar refractivity (Wildman–Crippen MR) is 93.5 cm³/mol. The second-order valence-corrected chi connectivity index (χ2v) is 5.12. The van der Waals surface area contributed by atoms with Gasteiger partial charge in [-0.3, -0.25) is 9.78 Å². The van der Waals surface area contributed by atoms with E-state index in [4.69, 9.17) is 9.47 Å². The lowest BCUT2D eigenvalue weighted by molar-refractivity contribution is -0.118. The van der Waals surface area contributed by atoms with Crippen LogP contribution < -0.4 is 14.8 Å². The third-order valence-electron chi connectivity index (χ3n) is 3.42. The Bertz CT molecular complexity index is 826. The lowest BCUT2D eigenvalue weighted by Crippen LogP contribution is -2.20. The molecule has 0 aliphatic heterocycles. The van der Waals surface area contributed by atoms with E-state index >= 15 is 0 Å². The molecular weight excluding hydrogens is 304 g/mol. The standard InChI is InChI=1S/C19H18N2O3/c1-2-23-14-8-10-15(11-9-14)24-13-19(22)21-18-7-3-6-17-16(18)5-4-12-20-17/h3-12H,2,13H2,1H3,(H,21,22). The number of amides is 1. The molecule has 0 radical (unpaired) electrons. The molecule has 0 saturated carbocycles. The molecule has 5 nitrogen and oxygen atoms in total. The summed E-state index contributed by atoms with van der Waals surface area (Å²) in [5, 5.41) is 3.76. The van der Waals surface area contributed by atoms with Crippen molar-refractivity contribution in [1.82, 2.24) is 4.98 Å². The fourth-order valence-electron chi connectivity index (χ4n) is 2.35. The first-order valence-corrected chi connectivity index (χ1v) is 7.75. The minimum Gasteiger partial charge on any atom is -0.494 e. The molecule has 0 atom stereocenters. The third-order valence-corrected chi connectivity index (χ3v) is 3.42. The van der Waals surface area contributed by atoms with E-state index in [0.717, 1.165) is 22.3 Å². The summed E-state index contributed by atoms with van der Waals surface area (Å²) in [7, 11) is 0. The number of ether oxygens (including phenoxy) is 2. The van der Waals surface area contributed by atoms with Crippen LogP contribution in [0.1, 0.15) is 6.92 Å². The highest BCUT2D eigenvalue weighted by atomic mass is 16.5. The zero-order valence-corrected chi connectivity index (χ0v) is 13.4. The van der Waals surface area contributed by atoms with E-state index in [1.54, 1.807) is 18.3 Å². The van der Waals surface area contributed by atoms with Crippen LogP contribution in [0.15, 0.2) is 60.8 Å². The van der Waals surface area contributed by atoms with Crippen LogP contribution in [0.5, 0.6) is 11.5 Å². The van der Waals surface area contributed by atoms with Crippen LogP contribution in [0.2, 0.25) is 0 Å². The number of pyridine rings is 1. The van der Waals surface area contributed by atoms with Crippen LogP contribution >= 0.6 is 0 Å². The second-order valence-electron chi connectivity index (χ2n) is 5.12. The minimum atomic E-state index is -0.222. The molecule has 0 unspecified atom stereocenters. The van der Waals surface area contributed by atoms with Gasteiger partial charge >= 0.3 is 0 Å². The molecule has 2 aromatic carbocycles. The van der Waals surface area contributed by atoms with Crippen LogP contribution in [-0.2, 0) is 4.79 Å². The third kappa shape index (κ3) is 3.81. The Morgan fingerprint density at radius 1 is 1.00 bits per heavy atom. The number of hydrogen-bond donors (Lipinski definition) is 1. The molecule has 0 aliphatic rings. The van der Waals surface area contributed by atoms with Crippen molar-refractivity contribution in [3.8, 4) is 11.5 Å². The van der Waals surface area contributed by atoms with E-state index in [0.29, 0.717) is 12.4 Å². The van der Waals surface area contributed by atoms with Gasteiger partial charge in [-0.05, 0) is 55.5 Å². The number of nitrogens with zero attached hydrogens (tertiary/aromatic N) is 1. The van der Waals surface area contributed by atoms with Crippen molar-refractivity contribution in [3.05, 3.63) is 60.8 Å².